The highest BCUT2D eigenvalue weighted by atomic mass is 32.2. The van der Waals surface area contributed by atoms with Crippen molar-refractivity contribution in [2.24, 2.45) is 0 Å². The van der Waals surface area contributed by atoms with Crippen LogP contribution in [-0.4, -0.2) is 42.9 Å². The average molecular weight is 453 g/mol. The van der Waals surface area contributed by atoms with Gasteiger partial charge in [-0.05, 0) is 30.7 Å². The number of hydrogen-bond donors (Lipinski definition) is 1. The normalized spacial score (nSPS) is 11.8. The Hall–Kier alpha value is -2.63. The third-order valence-corrected chi connectivity index (χ3v) is 7.66. The van der Waals surface area contributed by atoms with Crippen LogP contribution in [0.15, 0.2) is 39.1 Å². The minimum Gasteiger partial charge on any atom is -0.351 e. The summed E-state index contributed by atoms with van der Waals surface area (Å²) in [4.78, 5) is 17.0. The van der Waals surface area contributed by atoms with E-state index in [0.717, 1.165) is 20.5 Å². The fraction of sp³-hybridized carbons (Fsp3) is 0.316. The number of hydrogen-bond acceptors (Lipinski definition) is 7. The first kappa shape index (κ1) is 22.1. The lowest BCUT2D eigenvalue weighted by atomic mass is 10.1. The van der Waals surface area contributed by atoms with Crippen molar-refractivity contribution in [3.05, 3.63) is 52.5 Å². The van der Waals surface area contributed by atoms with Crippen LogP contribution in [0.4, 0.5) is 4.39 Å². The zero-order chi connectivity index (χ0) is 21.9. The minimum absolute atomic E-state index is 0.123. The van der Waals surface area contributed by atoms with Crippen LogP contribution in [0.3, 0.4) is 0 Å². The first-order valence-electron chi connectivity index (χ1n) is 9.04. The molecule has 0 unspecified atom stereocenters. The van der Waals surface area contributed by atoms with Crippen LogP contribution in [0.2, 0.25) is 0 Å². The van der Waals surface area contributed by atoms with E-state index in [2.05, 4.69) is 15.5 Å². The topological polar surface area (TPSA) is 105 Å². The predicted octanol–water partition coefficient (Wildman–Crippen LogP) is 2.74. The van der Waals surface area contributed by atoms with Crippen molar-refractivity contribution in [3.8, 4) is 11.4 Å². The second-order valence-corrected chi connectivity index (χ2v) is 10.3. The van der Waals surface area contributed by atoms with Crippen molar-refractivity contribution in [2.45, 2.75) is 30.5 Å². The maximum atomic E-state index is 13.7. The predicted molar refractivity (Wildman–Crippen MR) is 110 cm³/mol. The molecule has 1 N–H and O–H groups in total. The Morgan fingerprint density at radius 1 is 1.27 bits per heavy atom. The van der Waals surface area contributed by atoms with Crippen LogP contribution < -0.4 is 5.32 Å². The number of nitrogens with zero attached hydrogens (tertiary/aromatic N) is 3. The number of sulfonamides is 1. The summed E-state index contributed by atoms with van der Waals surface area (Å²) in [6.07, 6.45) is 0.357. The lowest BCUT2D eigenvalue weighted by Gasteiger charge is -2.08. The highest BCUT2D eigenvalue weighted by Crippen LogP contribution is 2.23. The molecule has 160 valence electrons. The number of rotatable bonds is 8. The molecule has 0 aliphatic rings. The van der Waals surface area contributed by atoms with Crippen LogP contribution in [0, 0.1) is 12.7 Å². The van der Waals surface area contributed by atoms with Gasteiger partial charge in [-0.1, -0.05) is 17.3 Å². The molecule has 3 rings (SSSR count). The van der Waals surface area contributed by atoms with Crippen molar-refractivity contribution in [1.29, 1.82) is 0 Å². The van der Waals surface area contributed by atoms with Crippen molar-refractivity contribution >= 4 is 27.3 Å². The van der Waals surface area contributed by atoms with Crippen molar-refractivity contribution < 1.29 is 22.1 Å². The number of aromatic nitrogens is 2. The Bertz CT molecular complexity index is 1160. The van der Waals surface area contributed by atoms with Crippen LogP contribution in [0.1, 0.15) is 22.8 Å². The Morgan fingerprint density at radius 3 is 2.73 bits per heavy atom. The Morgan fingerprint density at radius 2 is 2.03 bits per heavy atom. The van der Waals surface area contributed by atoms with E-state index in [1.165, 1.54) is 26.2 Å². The monoisotopic (exact) mass is 452 g/mol. The van der Waals surface area contributed by atoms with E-state index in [0.29, 0.717) is 11.1 Å². The smallest absolute Gasteiger partial charge is 0.252 e. The van der Waals surface area contributed by atoms with E-state index >= 15 is 0 Å². The molecule has 0 radical (unpaired) electrons. The first-order valence-corrected chi connectivity index (χ1v) is 11.3. The van der Waals surface area contributed by atoms with Gasteiger partial charge in [-0.25, -0.2) is 17.1 Å². The Balaban J connectivity index is 1.51. The fourth-order valence-corrected chi connectivity index (χ4v) is 4.94. The van der Waals surface area contributed by atoms with E-state index in [1.54, 1.807) is 25.1 Å². The molecule has 0 bridgehead atoms. The number of carbonyl (C=O) groups is 1. The van der Waals surface area contributed by atoms with Gasteiger partial charge < -0.3 is 9.84 Å². The fourth-order valence-electron chi connectivity index (χ4n) is 2.47. The van der Waals surface area contributed by atoms with E-state index in [-0.39, 0.29) is 47.0 Å². The second kappa shape index (κ2) is 9.02. The molecule has 30 heavy (non-hydrogen) atoms. The largest absolute Gasteiger partial charge is 0.351 e. The molecule has 0 atom stereocenters. The van der Waals surface area contributed by atoms with Gasteiger partial charge in [-0.2, -0.15) is 4.98 Å². The van der Waals surface area contributed by atoms with Gasteiger partial charge in [0.15, 0.2) is 0 Å². The van der Waals surface area contributed by atoms with Gasteiger partial charge in [-0.15, -0.1) is 11.3 Å². The molecule has 2 heterocycles. The number of amides is 1. The Kier molecular flexibility index (Phi) is 6.64. The van der Waals surface area contributed by atoms with Gasteiger partial charge in [-0.3, -0.25) is 4.79 Å². The van der Waals surface area contributed by atoms with Gasteiger partial charge in [0.1, 0.15) is 10.0 Å². The number of aryl methyl sites for hydroxylation is 2. The van der Waals surface area contributed by atoms with Crippen LogP contribution >= 0.6 is 11.3 Å². The van der Waals surface area contributed by atoms with Gasteiger partial charge in [0.25, 0.3) is 10.0 Å². The van der Waals surface area contributed by atoms with Gasteiger partial charge in [0.05, 0.1) is 6.54 Å². The highest BCUT2D eigenvalue weighted by molar-refractivity contribution is 7.91. The molecule has 8 nitrogen and oxygen atoms in total. The van der Waals surface area contributed by atoms with Crippen LogP contribution in [0.5, 0.6) is 0 Å². The average Bonchev–Trinajstić information content (AvgIpc) is 3.36. The van der Waals surface area contributed by atoms with Gasteiger partial charge in [0.2, 0.25) is 17.6 Å². The van der Waals surface area contributed by atoms with Gasteiger partial charge in [0, 0.05) is 37.4 Å². The summed E-state index contributed by atoms with van der Waals surface area (Å²) in [5.41, 5.74) is 1.02. The number of thiophene rings is 1. The Labute approximate surface area is 177 Å². The molecule has 0 aliphatic heterocycles. The van der Waals surface area contributed by atoms with Crippen molar-refractivity contribution in [2.75, 3.05) is 14.1 Å². The summed E-state index contributed by atoms with van der Waals surface area (Å²) in [5.74, 6) is -0.0518. The molecule has 2 aromatic heterocycles. The lowest BCUT2D eigenvalue weighted by molar-refractivity contribution is -0.121. The van der Waals surface area contributed by atoms with Gasteiger partial charge >= 0.3 is 0 Å². The maximum Gasteiger partial charge on any atom is 0.252 e. The summed E-state index contributed by atoms with van der Waals surface area (Å²) < 4.78 is 44.4. The number of nitrogens with one attached hydrogen (secondary N) is 1. The molecule has 1 amide bonds. The molecule has 3 aromatic rings. The molecule has 0 saturated carbocycles. The van der Waals surface area contributed by atoms with E-state index in [1.807, 2.05) is 0 Å². The standard InChI is InChI=1S/C19H21FN4O4S2/c1-12-4-5-13(10-15(12)20)19-22-17(28-23-19)8-7-16(25)21-11-14-6-9-18(29-14)30(26,27)24(2)3/h4-6,9-10H,7-8,11H2,1-3H3,(H,21,25). The molecular weight excluding hydrogens is 431 g/mol. The quantitative estimate of drug-likeness (QED) is 0.563. The molecule has 11 heteroatoms. The molecule has 0 fully saturated rings. The summed E-state index contributed by atoms with van der Waals surface area (Å²) in [6.45, 7) is 1.89. The third-order valence-electron chi connectivity index (χ3n) is 4.30. The summed E-state index contributed by atoms with van der Waals surface area (Å²) in [5, 5.41) is 6.56. The molecule has 0 spiro atoms. The third kappa shape index (κ3) is 5.10. The maximum absolute atomic E-state index is 13.7. The molecular formula is C19H21FN4O4S2. The van der Waals surface area contributed by atoms with Crippen molar-refractivity contribution in [3.63, 3.8) is 0 Å². The molecule has 0 saturated heterocycles. The minimum atomic E-state index is -3.48. The number of benzene rings is 1. The molecule has 1 aromatic carbocycles. The first-order chi connectivity index (χ1) is 14.2. The van der Waals surface area contributed by atoms with E-state index < -0.39 is 10.0 Å². The summed E-state index contributed by atoms with van der Waals surface area (Å²) in [7, 11) is -0.545. The van der Waals surface area contributed by atoms with E-state index in [4.69, 9.17) is 4.52 Å². The lowest BCUT2D eigenvalue weighted by Crippen LogP contribution is -2.22. The number of carbonyl (C=O) groups excluding carboxylic acids is 1. The summed E-state index contributed by atoms with van der Waals surface area (Å²) in [6, 6.07) is 7.86. The molecule has 0 aliphatic carbocycles. The summed E-state index contributed by atoms with van der Waals surface area (Å²) >= 11 is 1.11. The van der Waals surface area contributed by atoms with Crippen LogP contribution in [-0.2, 0) is 27.8 Å². The van der Waals surface area contributed by atoms with Crippen LogP contribution in [0.25, 0.3) is 11.4 Å². The van der Waals surface area contributed by atoms with Crippen molar-refractivity contribution in [1.82, 2.24) is 19.8 Å². The highest BCUT2D eigenvalue weighted by Gasteiger charge is 2.19. The zero-order valence-electron chi connectivity index (χ0n) is 16.7. The second-order valence-electron chi connectivity index (χ2n) is 6.76. The zero-order valence-corrected chi connectivity index (χ0v) is 18.3. The van der Waals surface area contributed by atoms with E-state index in [9.17, 15) is 17.6 Å². The SMILES string of the molecule is Cc1ccc(-c2noc(CCC(=O)NCc3ccc(S(=O)(=O)N(C)C)s3)n2)cc1F. The number of halogens is 1.